The van der Waals surface area contributed by atoms with Crippen molar-refractivity contribution >= 4 is 27.3 Å². The fraction of sp³-hybridized carbons (Fsp3) is 0.300. The van der Waals surface area contributed by atoms with Crippen LogP contribution in [0.4, 0.5) is 5.69 Å². The second kappa shape index (κ2) is 5.97. The highest BCUT2D eigenvalue weighted by atomic mass is 35.5. The number of sulfonamides is 1. The van der Waals surface area contributed by atoms with Gasteiger partial charge in [0.05, 0.1) is 21.9 Å². The number of nitrogens with zero attached hydrogens (tertiary/aromatic N) is 2. The largest absolute Gasteiger partial charge is 0.270 e. The van der Waals surface area contributed by atoms with Crippen LogP contribution in [-0.2, 0) is 10.0 Å². The van der Waals surface area contributed by atoms with Crippen LogP contribution in [0.25, 0.3) is 0 Å². The summed E-state index contributed by atoms with van der Waals surface area (Å²) in [6.07, 6.45) is 0. The van der Waals surface area contributed by atoms with E-state index in [-0.39, 0.29) is 22.2 Å². The van der Waals surface area contributed by atoms with E-state index in [9.17, 15) is 18.5 Å². The predicted molar refractivity (Wildman–Crippen MR) is 68.1 cm³/mol. The Morgan fingerprint density at radius 1 is 1.58 bits per heavy atom. The number of rotatable bonds is 5. The second-order valence-electron chi connectivity index (χ2n) is 3.75. The molecule has 0 saturated heterocycles. The molecule has 102 valence electrons. The average molecular weight is 304 g/mol. The van der Waals surface area contributed by atoms with Gasteiger partial charge in [-0.25, -0.2) is 13.1 Å². The Morgan fingerprint density at radius 3 is 2.74 bits per heavy atom. The molecule has 0 aliphatic heterocycles. The van der Waals surface area contributed by atoms with Crippen LogP contribution < -0.4 is 4.72 Å². The number of nitro benzene ring substituents is 1. The molecule has 0 spiro atoms. The van der Waals surface area contributed by atoms with Crippen molar-refractivity contribution in [3.8, 4) is 6.07 Å². The van der Waals surface area contributed by atoms with Crippen molar-refractivity contribution < 1.29 is 13.3 Å². The summed E-state index contributed by atoms with van der Waals surface area (Å²) in [4.78, 5) is 9.51. The number of non-ortho nitro benzene ring substituents is 1. The molecule has 0 amide bonds. The molecule has 1 aromatic carbocycles. The lowest BCUT2D eigenvalue weighted by Gasteiger charge is -2.08. The van der Waals surface area contributed by atoms with Crippen LogP contribution in [-0.4, -0.2) is 19.9 Å². The third-order valence-electron chi connectivity index (χ3n) is 2.22. The molecule has 1 atom stereocenters. The Labute approximate surface area is 115 Å². The molecule has 0 radical (unpaired) electrons. The van der Waals surface area contributed by atoms with Gasteiger partial charge in [0.25, 0.3) is 5.69 Å². The number of benzene rings is 1. The molecule has 19 heavy (non-hydrogen) atoms. The molecule has 9 heteroatoms. The topological polar surface area (TPSA) is 113 Å². The van der Waals surface area contributed by atoms with Gasteiger partial charge in [-0.1, -0.05) is 11.6 Å². The lowest BCUT2D eigenvalue weighted by molar-refractivity contribution is -0.385. The van der Waals surface area contributed by atoms with E-state index < -0.39 is 20.9 Å². The van der Waals surface area contributed by atoms with Gasteiger partial charge >= 0.3 is 0 Å². The molecule has 0 saturated carbocycles. The van der Waals surface area contributed by atoms with E-state index in [0.29, 0.717) is 0 Å². The summed E-state index contributed by atoms with van der Waals surface area (Å²) in [5.41, 5.74) is -0.377. The Kier molecular flexibility index (Phi) is 4.83. The van der Waals surface area contributed by atoms with E-state index in [1.807, 2.05) is 6.07 Å². The predicted octanol–water partition coefficient (Wildman–Crippen LogP) is 1.69. The minimum Gasteiger partial charge on any atom is -0.258 e. The molecule has 0 aromatic heterocycles. The van der Waals surface area contributed by atoms with Gasteiger partial charge < -0.3 is 0 Å². The number of halogens is 1. The van der Waals surface area contributed by atoms with E-state index in [1.54, 1.807) is 0 Å². The summed E-state index contributed by atoms with van der Waals surface area (Å²) in [6.45, 7) is 1.44. The molecule has 7 nitrogen and oxygen atoms in total. The summed E-state index contributed by atoms with van der Waals surface area (Å²) in [6, 6.07) is 4.99. The normalized spacial score (nSPS) is 12.7. The monoisotopic (exact) mass is 303 g/mol. The number of nitrogens with one attached hydrogen (secondary N) is 1. The highest BCUT2D eigenvalue weighted by Gasteiger charge is 2.21. The van der Waals surface area contributed by atoms with Crippen LogP contribution in [0.1, 0.15) is 6.92 Å². The SMILES string of the molecule is CC(C#N)CNS(=O)(=O)c1cc([N+](=O)[O-])ccc1Cl. The van der Waals surface area contributed by atoms with Crippen molar-refractivity contribution in [3.05, 3.63) is 33.3 Å². The zero-order valence-electron chi connectivity index (χ0n) is 9.83. The van der Waals surface area contributed by atoms with Crippen LogP contribution in [0, 0.1) is 27.4 Å². The fourth-order valence-corrected chi connectivity index (χ4v) is 2.82. The Morgan fingerprint density at radius 2 is 2.21 bits per heavy atom. The molecule has 0 heterocycles. The van der Waals surface area contributed by atoms with Crippen molar-refractivity contribution in [1.29, 1.82) is 5.26 Å². The fourth-order valence-electron chi connectivity index (χ4n) is 1.17. The maximum atomic E-state index is 11.9. The highest BCUT2D eigenvalue weighted by Crippen LogP contribution is 2.25. The maximum Gasteiger partial charge on any atom is 0.270 e. The van der Waals surface area contributed by atoms with Gasteiger partial charge in [-0.05, 0) is 13.0 Å². The van der Waals surface area contributed by atoms with Crippen molar-refractivity contribution in [3.63, 3.8) is 0 Å². The minimum absolute atomic E-state index is 0.0994. The van der Waals surface area contributed by atoms with E-state index in [2.05, 4.69) is 4.72 Å². The molecule has 1 unspecified atom stereocenters. The molecule has 1 aromatic rings. The number of hydrogen-bond donors (Lipinski definition) is 1. The van der Waals surface area contributed by atoms with Crippen LogP contribution in [0.5, 0.6) is 0 Å². The molecule has 1 rings (SSSR count). The average Bonchev–Trinajstić information content (AvgIpc) is 2.36. The third kappa shape index (κ3) is 3.89. The Balaban J connectivity index is 3.11. The van der Waals surface area contributed by atoms with Crippen LogP contribution >= 0.6 is 11.6 Å². The summed E-state index contributed by atoms with van der Waals surface area (Å²) in [5, 5.41) is 19.1. The Hall–Kier alpha value is -1.69. The first-order valence-electron chi connectivity index (χ1n) is 5.11. The standard InChI is InChI=1S/C10H10ClN3O4S/c1-7(5-12)6-13-19(17,18)10-4-8(14(15)16)2-3-9(10)11/h2-4,7,13H,6H2,1H3. The molecular formula is C10H10ClN3O4S. The third-order valence-corrected chi connectivity index (χ3v) is 4.12. The van der Waals surface area contributed by atoms with Gasteiger partial charge in [-0.15, -0.1) is 0 Å². The van der Waals surface area contributed by atoms with E-state index >= 15 is 0 Å². The number of nitro groups is 1. The van der Waals surface area contributed by atoms with E-state index in [1.165, 1.54) is 6.92 Å². The zero-order chi connectivity index (χ0) is 14.6. The lowest BCUT2D eigenvalue weighted by Crippen LogP contribution is -2.28. The van der Waals surface area contributed by atoms with Crippen LogP contribution in [0.2, 0.25) is 5.02 Å². The zero-order valence-corrected chi connectivity index (χ0v) is 11.4. The van der Waals surface area contributed by atoms with Crippen molar-refractivity contribution in [1.82, 2.24) is 4.72 Å². The van der Waals surface area contributed by atoms with Gasteiger partial charge in [-0.3, -0.25) is 10.1 Å². The van der Waals surface area contributed by atoms with Gasteiger partial charge in [0, 0.05) is 18.7 Å². The Bertz CT molecular complexity index is 639. The molecule has 0 aliphatic carbocycles. The van der Waals surface area contributed by atoms with Crippen molar-refractivity contribution in [2.24, 2.45) is 5.92 Å². The molecule has 0 bridgehead atoms. The number of nitriles is 1. The molecular weight excluding hydrogens is 294 g/mol. The molecule has 1 N–H and O–H groups in total. The summed E-state index contributed by atoms with van der Waals surface area (Å²) < 4.78 is 26.0. The summed E-state index contributed by atoms with van der Waals surface area (Å²) in [7, 11) is -3.99. The van der Waals surface area contributed by atoms with Gasteiger partial charge in [0.1, 0.15) is 4.90 Å². The van der Waals surface area contributed by atoms with Crippen LogP contribution in [0.3, 0.4) is 0 Å². The summed E-state index contributed by atoms with van der Waals surface area (Å²) in [5.74, 6) is -0.521. The van der Waals surface area contributed by atoms with Crippen LogP contribution in [0.15, 0.2) is 23.1 Å². The highest BCUT2D eigenvalue weighted by molar-refractivity contribution is 7.89. The molecule has 0 aliphatic rings. The van der Waals surface area contributed by atoms with E-state index in [0.717, 1.165) is 18.2 Å². The first-order chi connectivity index (χ1) is 8.77. The lowest BCUT2D eigenvalue weighted by atomic mass is 10.2. The van der Waals surface area contributed by atoms with E-state index in [4.69, 9.17) is 16.9 Å². The van der Waals surface area contributed by atoms with Crippen molar-refractivity contribution in [2.75, 3.05) is 6.54 Å². The summed E-state index contributed by atoms with van der Waals surface area (Å²) >= 11 is 5.73. The van der Waals surface area contributed by atoms with Gasteiger partial charge in [-0.2, -0.15) is 5.26 Å². The smallest absolute Gasteiger partial charge is 0.258 e. The van der Waals surface area contributed by atoms with Gasteiger partial charge in [0.2, 0.25) is 10.0 Å². The second-order valence-corrected chi connectivity index (χ2v) is 5.90. The molecule has 0 fully saturated rings. The first kappa shape index (κ1) is 15.4. The maximum absolute atomic E-state index is 11.9. The van der Waals surface area contributed by atoms with Crippen molar-refractivity contribution in [2.45, 2.75) is 11.8 Å². The minimum atomic E-state index is -3.99. The first-order valence-corrected chi connectivity index (χ1v) is 6.97. The quantitative estimate of drug-likeness (QED) is 0.656. The van der Waals surface area contributed by atoms with Gasteiger partial charge in [0.15, 0.2) is 0 Å². The number of hydrogen-bond acceptors (Lipinski definition) is 5.